The van der Waals surface area contributed by atoms with Crippen LogP contribution in [0.3, 0.4) is 0 Å². The zero-order valence-electron chi connectivity index (χ0n) is 12.1. The predicted molar refractivity (Wildman–Crippen MR) is 78.3 cm³/mol. The molecule has 5 nitrogen and oxygen atoms in total. The van der Waals surface area contributed by atoms with Crippen LogP contribution in [0.2, 0.25) is 0 Å². The maximum atomic E-state index is 10.5. The minimum Gasteiger partial charge on any atom is -0.397 e. The summed E-state index contributed by atoms with van der Waals surface area (Å²) in [7, 11) is -3.76. The van der Waals surface area contributed by atoms with Gasteiger partial charge in [0.2, 0.25) is 0 Å². The van der Waals surface area contributed by atoms with Crippen molar-refractivity contribution in [2.24, 2.45) is 0 Å². The van der Waals surface area contributed by atoms with Crippen molar-refractivity contribution >= 4 is 7.60 Å². The van der Waals surface area contributed by atoms with E-state index >= 15 is 0 Å². The van der Waals surface area contributed by atoms with Crippen molar-refractivity contribution < 1.29 is 24.6 Å². The Labute approximate surface area is 117 Å². The van der Waals surface area contributed by atoms with Crippen LogP contribution in [0.1, 0.15) is 64.7 Å². The Balaban J connectivity index is 0. The molecule has 0 aliphatic rings. The van der Waals surface area contributed by atoms with E-state index in [1.54, 1.807) is 6.92 Å². The van der Waals surface area contributed by atoms with E-state index < -0.39 is 7.60 Å². The first kappa shape index (κ1) is 21.4. The number of hydrogen-bond acceptors (Lipinski definition) is 3. The summed E-state index contributed by atoms with van der Waals surface area (Å²) in [5.74, 6) is 0. The van der Waals surface area contributed by atoms with Gasteiger partial charge in [0.15, 0.2) is 0 Å². The summed E-state index contributed by atoms with van der Waals surface area (Å²) in [5, 5.41) is 16.1. The van der Waals surface area contributed by atoms with Crippen LogP contribution in [0.5, 0.6) is 0 Å². The van der Waals surface area contributed by atoms with Gasteiger partial charge in [-0.2, -0.15) is 0 Å². The summed E-state index contributed by atoms with van der Waals surface area (Å²) in [6.07, 6.45) is 9.40. The molecule has 6 heteroatoms. The van der Waals surface area contributed by atoms with Crippen LogP contribution in [0.25, 0.3) is 0 Å². The minimum absolute atomic E-state index is 0.0312. The summed E-state index contributed by atoms with van der Waals surface area (Å²) < 4.78 is 10.5. The summed E-state index contributed by atoms with van der Waals surface area (Å²) in [5.41, 5.74) is 0. The molecule has 0 saturated heterocycles. The lowest BCUT2D eigenvalue weighted by Gasteiger charge is -2.03. The van der Waals surface area contributed by atoms with E-state index in [2.05, 4.69) is 0 Å². The molecule has 0 aromatic carbocycles. The van der Waals surface area contributed by atoms with E-state index in [0.29, 0.717) is 13.0 Å². The fraction of sp³-hybridized carbons (Fsp3) is 1.00. The first-order chi connectivity index (χ1) is 8.97. The Morgan fingerprint density at radius 2 is 1.05 bits per heavy atom. The standard InChI is InChI=1S/C11H25O4P.C2H6O/c12-10-8-6-4-2-1-3-5-7-9-11-16(13,14)15;1-2-3/h12H,1-11H2,(H2,13,14,15);3H,2H2,1H3. The topological polar surface area (TPSA) is 98.0 Å². The van der Waals surface area contributed by atoms with Gasteiger partial charge in [0.25, 0.3) is 0 Å². The van der Waals surface area contributed by atoms with Crippen molar-refractivity contribution in [1.82, 2.24) is 0 Å². The van der Waals surface area contributed by atoms with Gasteiger partial charge in [-0.25, -0.2) is 0 Å². The second kappa shape index (κ2) is 16.1. The summed E-state index contributed by atoms with van der Waals surface area (Å²) >= 11 is 0. The molecule has 118 valence electrons. The molecule has 0 unspecified atom stereocenters. The molecule has 0 aliphatic heterocycles. The maximum Gasteiger partial charge on any atom is 0.325 e. The van der Waals surface area contributed by atoms with Gasteiger partial charge in [0.1, 0.15) is 0 Å². The van der Waals surface area contributed by atoms with Crippen molar-refractivity contribution in [2.45, 2.75) is 64.7 Å². The highest BCUT2D eigenvalue weighted by Gasteiger charge is 2.10. The van der Waals surface area contributed by atoms with Gasteiger partial charge in [-0.05, 0) is 19.8 Å². The molecular formula is C13H31O5P. The van der Waals surface area contributed by atoms with Gasteiger partial charge >= 0.3 is 7.60 Å². The third-order valence-corrected chi connectivity index (χ3v) is 3.51. The second-order valence-corrected chi connectivity index (χ2v) is 6.39. The van der Waals surface area contributed by atoms with E-state index in [-0.39, 0.29) is 12.8 Å². The van der Waals surface area contributed by atoms with Gasteiger partial charge in [-0.1, -0.05) is 44.9 Å². The van der Waals surface area contributed by atoms with Crippen molar-refractivity contribution in [2.75, 3.05) is 19.4 Å². The number of rotatable bonds is 11. The normalized spacial score (nSPS) is 11.0. The highest BCUT2D eigenvalue weighted by Crippen LogP contribution is 2.35. The Hall–Kier alpha value is 0.0700. The lowest BCUT2D eigenvalue weighted by Crippen LogP contribution is -1.88. The molecular weight excluding hydrogens is 267 g/mol. The highest BCUT2D eigenvalue weighted by molar-refractivity contribution is 7.51. The van der Waals surface area contributed by atoms with Gasteiger partial charge in [-0.15, -0.1) is 0 Å². The molecule has 0 bridgehead atoms. The average Bonchev–Trinajstić information content (AvgIpc) is 2.31. The van der Waals surface area contributed by atoms with Gasteiger partial charge in [0, 0.05) is 19.4 Å². The monoisotopic (exact) mass is 298 g/mol. The van der Waals surface area contributed by atoms with Crippen LogP contribution < -0.4 is 0 Å². The zero-order chi connectivity index (χ0) is 15.0. The lowest BCUT2D eigenvalue weighted by molar-refractivity contribution is 0.282. The third-order valence-electron chi connectivity index (χ3n) is 2.61. The van der Waals surface area contributed by atoms with Crippen LogP contribution in [-0.4, -0.2) is 39.4 Å². The number of hydrogen-bond donors (Lipinski definition) is 4. The van der Waals surface area contributed by atoms with Crippen LogP contribution in [0.15, 0.2) is 0 Å². The smallest absolute Gasteiger partial charge is 0.325 e. The van der Waals surface area contributed by atoms with Crippen molar-refractivity contribution in [3.8, 4) is 0 Å². The van der Waals surface area contributed by atoms with E-state index in [0.717, 1.165) is 32.1 Å². The minimum atomic E-state index is -3.76. The molecule has 0 atom stereocenters. The Morgan fingerprint density at radius 1 is 0.737 bits per heavy atom. The van der Waals surface area contributed by atoms with Gasteiger partial charge < -0.3 is 20.0 Å². The first-order valence-corrected chi connectivity index (χ1v) is 9.04. The van der Waals surface area contributed by atoms with Crippen LogP contribution in [0, 0.1) is 0 Å². The van der Waals surface area contributed by atoms with E-state index in [9.17, 15) is 4.57 Å². The zero-order valence-corrected chi connectivity index (χ0v) is 13.0. The van der Waals surface area contributed by atoms with Gasteiger partial charge in [0.05, 0.1) is 0 Å². The van der Waals surface area contributed by atoms with Crippen LogP contribution in [0.4, 0.5) is 0 Å². The molecule has 0 spiro atoms. The lowest BCUT2D eigenvalue weighted by atomic mass is 10.1. The third kappa shape index (κ3) is 27.3. The molecule has 0 heterocycles. The molecule has 0 aromatic heterocycles. The van der Waals surface area contributed by atoms with E-state index in [1.165, 1.54) is 19.3 Å². The molecule has 0 radical (unpaired) electrons. The second-order valence-electron chi connectivity index (χ2n) is 4.61. The number of unbranched alkanes of at least 4 members (excludes halogenated alkanes) is 8. The Bertz CT molecular complexity index is 205. The Morgan fingerprint density at radius 3 is 1.37 bits per heavy atom. The van der Waals surface area contributed by atoms with Crippen molar-refractivity contribution in [3.63, 3.8) is 0 Å². The van der Waals surface area contributed by atoms with Gasteiger partial charge in [-0.3, -0.25) is 4.57 Å². The quantitative estimate of drug-likeness (QED) is 0.347. The first-order valence-electron chi connectivity index (χ1n) is 7.24. The highest BCUT2D eigenvalue weighted by atomic mass is 31.2. The van der Waals surface area contributed by atoms with E-state index in [4.69, 9.17) is 20.0 Å². The summed E-state index contributed by atoms with van der Waals surface area (Å²) in [4.78, 5) is 17.3. The molecule has 0 aliphatic carbocycles. The fourth-order valence-electron chi connectivity index (χ4n) is 1.67. The summed E-state index contributed by atoms with van der Waals surface area (Å²) in [6.45, 7) is 2.22. The summed E-state index contributed by atoms with van der Waals surface area (Å²) in [6, 6.07) is 0. The van der Waals surface area contributed by atoms with Crippen molar-refractivity contribution in [1.29, 1.82) is 0 Å². The maximum absolute atomic E-state index is 10.5. The Kier molecular flexibility index (Phi) is 18.1. The SMILES string of the molecule is CCO.O=P(O)(O)CCCCCCCCCCCO. The molecule has 0 aromatic rings. The molecule has 19 heavy (non-hydrogen) atoms. The number of aliphatic hydroxyl groups excluding tert-OH is 2. The molecule has 0 amide bonds. The molecule has 0 rings (SSSR count). The molecule has 0 saturated carbocycles. The average molecular weight is 298 g/mol. The van der Waals surface area contributed by atoms with Crippen LogP contribution in [-0.2, 0) is 4.57 Å². The molecule has 4 N–H and O–H groups in total. The largest absolute Gasteiger partial charge is 0.397 e. The van der Waals surface area contributed by atoms with Crippen molar-refractivity contribution in [3.05, 3.63) is 0 Å². The van der Waals surface area contributed by atoms with Crippen LogP contribution >= 0.6 is 7.60 Å². The predicted octanol–water partition coefficient (Wildman–Crippen LogP) is 2.67. The number of aliphatic hydroxyl groups is 2. The van der Waals surface area contributed by atoms with E-state index in [1.807, 2.05) is 0 Å². The molecule has 0 fully saturated rings. The fourth-order valence-corrected chi connectivity index (χ4v) is 2.30.